The summed E-state index contributed by atoms with van der Waals surface area (Å²) in [7, 11) is -3.53. The summed E-state index contributed by atoms with van der Waals surface area (Å²) in [6, 6.07) is 12.2. The third-order valence-electron chi connectivity index (χ3n) is 5.18. The number of hydrogen-bond donors (Lipinski definition) is 1. The molecule has 5 rings (SSSR count). The number of hydrogen-bond acceptors (Lipinski definition) is 6. The molecule has 0 radical (unpaired) electrons. The Balaban J connectivity index is 1.36. The smallest absolute Gasteiger partial charge is 0.277 e. The normalized spacial score (nSPS) is 14.8. The van der Waals surface area contributed by atoms with Gasteiger partial charge in [0, 0.05) is 19.3 Å². The van der Waals surface area contributed by atoms with Crippen molar-refractivity contribution in [2.45, 2.75) is 17.7 Å². The molecule has 0 aliphatic carbocycles. The lowest BCUT2D eigenvalue weighted by atomic mass is 10.3. The zero-order valence-corrected chi connectivity index (χ0v) is 18.4. The first-order valence-corrected chi connectivity index (χ1v) is 12.2. The van der Waals surface area contributed by atoms with Crippen LogP contribution in [0.3, 0.4) is 0 Å². The molecule has 1 aliphatic rings. The summed E-state index contributed by atoms with van der Waals surface area (Å²) in [5, 5.41) is 7.22. The number of fused-ring (bicyclic) bond motifs is 1. The molecule has 8 nitrogen and oxygen atoms in total. The molecular formula is C21H18FN5O3S2. The number of anilines is 1. The molecule has 1 aliphatic heterocycles. The van der Waals surface area contributed by atoms with E-state index in [2.05, 4.69) is 15.4 Å². The number of benzene rings is 2. The summed E-state index contributed by atoms with van der Waals surface area (Å²) in [6.45, 7) is 1.07. The van der Waals surface area contributed by atoms with Crippen LogP contribution in [-0.4, -0.2) is 46.5 Å². The van der Waals surface area contributed by atoms with Crippen LogP contribution in [0.15, 0.2) is 59.6 Å². The van der Waals surface area contributed by atoms with Crippen molar-refractivity contribution in [2.75, 3.05) is 18.4 Å². The van der Waals surface area contributed by atoms with Gasteiger partial charge in [0.1, 0.15) is 5.82 Å². The summed E-state index contributed by atoms with van der Waals surface area (Å²) in [4.78, 5) is 17.2. The quantitative estimate of drug-likeness (QED) is 0.479. The molecule has 1 saturated heterocycles. The minimum absolute atomic E-state index is 0.144. The van der Waals surface area contributed by atoms with Gasteiger partial charge in [0.2, 0.25) is 10.0 Å². The van der Waals surface area contributed by atoms with Crippen molar-refractivity contribution in [3.63, 3.8) is 0 Å². The number of amides is 1. The Kier molecular flexibility index (Phi) is 5.24. The van der Waals surface area contributed by atoms with Gasteiger partial charge in [-0.2, -0.15) is 9.40 Å². The molecule has 2 aromatic heterocycles. The fourth-order valence-electron chi connectivity index (χ4n) is 3.57. The fourth-order valence-corrected chi connectivity index (χ4v) is 6.08. The van der Waals surface area contributed by atoms with Crippen molar-refractivity contribution in [2.24, 2.45) is 0 Å². The van der Waals surface area contributed by atoms with Crippen LogP contribution in [0, 0.1) is 5.82 Å². The molecule has 0 unspecified atom stereocenters. The first kappa shape index (κ1) is 20.7. The van der Waals surface area contributed by atoms with Crippen LogP contribution in [0.2, 0.25) is 0 Å². The summed E-state index contributed by atoms with van der Waals surface area (Å²) < 4.78 is 42.6. The van der Waals surface area contributed by atoms with E-state index in [0.29, 0.717) is 34.1 Å². The van der Waals surface area contributed by atoms with E-state index in [-0.39, 0.29) is 10.6 Å². The SMILES string of the molecule is O=C(Nc1nc2ccc(S(=O)(=O)N3CCCC3)cc2s1)c1ccn(-c2cccc(F)c2)n1. The highest BCUT2D eigenvalue weighted by Crippen LogP contribution is 2.30. The molecule has 32 heavy (non-hydrogen) atoms. The van der Waals surface area contributed by atoms with Crippen LogP contribution < -0.4 is 5.32 Å². The molecule has 164 valence electrons. The highest BCUT2D eigenvalue weighted by Gasteiger charge is 2.27. The molecule has 4 aromatic rings. The predicted molar refractivity (Wildman–Crippen MR) is 119 cm³/mol. The minimum Gasteiger partial charge on any atom is -0.296 e. The van der Waals surface area contributed by atoms with Gasteiger partial charge in [0.05, 0.1) is 20.8 Å². The molecule has 2 aromatic carbocycles. The number of rotatable bonds is 5. The number of halogens is 1. The van der Waals surface area contributed by atoms with E-state index >= 15 is 0 Å². The highest BCUT2D eigenvalue weighted by atomic mass is 32.2. The molecule has 11 heteroatoms. The van der Waals surface area contributed by atoms with Gasteiger partial charge in [0.15, 0.2) is 10.8 Å². The first-order valence-electron chi connectivity index (χ1n) is 9.94. The number of thiazole rings is 1. The van der Waals surface area contributed by atoms with Crippen molar-refractivity contribution in [3.05, 3.63) is 66.2 Å². The van der Waals surface area contributed by atoms with E-state index in [9.17, 15) is 17.6 Å². The van der Waals surface area contributed by atoms with Gasteiger partial charge in [-0.25, -0.2) is 22.5 Å². The Morgan fingerprint density at radius 3 is 2.69 bits per heavy atom. The summed E-state index contributed by atoms with van der Waals surface area (Å²) in [5.41, 5.74) is 1.23. The molecule has 0 spiro atoms. The summed E-state index contributed by atoms with van der Waals surface area (Å²) >= 11 is 1.19. The fraction of sp³-hybridized carbons (Fsp3) is 0.190. The molecule has 3 heterocycles. The zero-order chi connectivity index (χ0) is 22.3. The third kappa shape index (κ3) is 3.90. The standard InChI is InChI=1S/C21H18FN5O3S2/c22-14-4-3-5-15(12-14)27-11-8-18(25-27)20(28)24-21-23-17-7-6-16(13-19(17)31-21)32(29,30)26-9-1-2-10-26/h3-8,11-13H,1-2,9-10H2,(H,23,24,28). The second-order valence-electron chi connectivity index (χ2n) is 7.34. The van der Waals surface area contributed by atoms with Crippen molar-refractivity contribution < 1.29 is 17.6 Å². The predicted octanol–water partition coefficient (Wildman–Crippen LogP) is 3.66. The van der Waals surface area contributed by atoms with Gasteiger partial charge in [-0.1, -0.05) is 17.4 Å². The van der Waals surface area contributed by atoms with Crippen LogP contribution in [0.4, 0.5) is 9.52 Å². The maximum Gasteiger partial charge on any atom is 0.277 e. The molecule has 0 saturated carbocycles. The lowest BCUT2D eigenvalue weighted by Gasteiger charge is -2.15. The number of sulfonamides is 1. The largest absolute Gasteiger partial charge is 0.296 e. The van der Waals surface area contributed by atoms with Crippen LogP contribution >= 0.6 is 11.3 Å². The van der Waals surface area contributed by atoms with E-state index in [1.807, 2.05) is 0 Å². The molecule has 1 N–H and O–H groups in total. The lowest BCUT2D eigenvalue weighted by molar-refractivity contribution is 0.102. The van der Waals surface area contributed by atoms with Crippen LogP contribution in [0.1, 0.15) is 23.3 Å². The minimum atomic E-state index is -3.53. The number of nitrogens with zero attached hydrogens (tertiary/aromatic N) is 4. The monoisotopic (exact) mass is 471 g/mol. The average Bonchev–Trinajstić information content (AvgIpc) is 3.53. The third-order valence-corrected chi connectivity index (χ3v) is 8.01. The van der Waals surface area contributed by atoms with Gasteiger partial charge < -0.3 is 0 Å². The van der Waals surface area contributed by atoms with Crippen LogP contribution in [-0.2, 0) is 10.0 Å². The van der Waals surface area contributed by atoms with Crippen molar-refractivity contribution in [3.8, 4) is 5.69 Å². The number of carbonyl (C=O) groups excluding carboxylic acids is 1. The first-order chi connectivity index (χ1) is 15.4. The topological polar surface area (TPSA) is 97.2 Å². The highest BCUT2D eigenvalue weighted by molar-refractivity contribution is 7.89. The Morgan fingerprint density at radius 1 is 1.09 bits per heavy atom. The number of aromatic nitrogens is 3. The molecule has 0 atom stereocenters. The van der Waals surface area contributed by atoms with Crippen LogP contribution in [0.5, 0.6) is 0 Å². The van der Waals surface area contributed by atoms with Gasteiger partial charge >= 0.3 is 0 Å². The Bertz CT molecular complexity index is 1420. The van der Waals surface area contributed by atoms with Gasteiger partial charge in [-0.3, -0.25) is 10.1 Å². The maximum atomic E-state index is 13.4. The van der Waals surface area contributed by atoms with E-state index in [4.69, 9.17) is 0 Å². The lowest BCUT2D eigenvalue weighted by Crippen LogP contribution is -2.27. The van der Waals surface area contributed by atoms with Gasteiger partial charge in [-0.05, 0) is 55.3 Å². The summed E-state index contributed by atoms with van der Waals surface area (Å²) in [6.07, 6.45) is 3.30. The second kappa shape index (κ2) is 8.08. The Hall–Kier alpha value is -3.15. The van der Waals surface area contributed by atoms with E-state index in [1.165, 1.54) is 38.5 Å². The second-order valence-corrected chi connectivity index (χ2v) is 10.3. The van der Waals surface area contributed by atoms with Crippen molar-refractivity contribution in [1.82, 2.24) is 19.1 Å². The molecular weight excluding hydrogens is 453 g/mol. The average molecular weight is 472 g/mol. The van der Waals surface area contributed by atoms with Crippen molar-refractivity contribution >= 4 is 42.6 Å². The van der Waals surface area contributed by atoms with Crippen molar-refractivity contribution in [1.29, 1.82) is 0 Å². The van der Waals surface area contributed by atoms with Gasteiger partial charge in [0.25, 0.3) is 5.91 Å². The van der Waals surface area contributed by atoms with E-state index in [0.717, 1.165) is 12.8 Å². The van der Waals surface area contributed by atoms with E-state index < -0.39 is 21.7 Å². The maximum absolute atomic E-state index is 13.4. The molecule has 1 amide bonds. The van der Waals surface area contributed by atoms with E-state index in [1.54, 1.807) is 36.5 Å². The molecule has 0 bridgehead atoms. The number of nitrogens with one attached hydrogen (secondary N) is 1. The Morgan fingerprint density at radius 2 is 1.91 bits per heavy atom. The van der Waals surface area contributed by atoms with Crippen LogP contribution in [0.25, 0.3) is 15.9 Å². The zero-order valence-electron chi connectivity index (χ0n) is 16.7. The Labute approximate surface area is 187 Å². The van der Waals surface area contributed by atoms with Gasteiger partial charge in [-0.15, -0.1) is 0 Å². The molecule has 1 fully saturated rings. The summed E-state index contributed by atoms with van der Waals surface area (Å²) in [5.74, 6) is -0.867. The number of carbonyl (C=O) groups is 1.